The molecule has 1 aliphatic heterocycles. The van der Waals surface area contributed by atoms with Gasteiger partial charge >= 0.3 is 0 Å². The predicted molar refractivity (Wildman–Crippen MR) is 89.5 cm³/mol. The van der Waals surface area contributed by atoms with E-state index in [-0.39, 0.29) is 0 Å². The molecule has 1 aliphatic rings. The third kappa shape index (κ3) is 3.63. The maximum absolute atomic E-state index is 3.76. The van der Waals surface area contributed by atoms with Crippen molar-refractivity contribution in [3.63, 3.8) is 0 Å². The first-order chi connectivity index (χ1) is 9.61. The molecule has 1 aromatic rings. The van der Waals surface area contributed by atoms with Gasteiger partial charge in [0.15, 0.2) is 0 Å². The van der Waals surface area contributed by atoms with E-state index in [2.05, 4.69) is 50.0 Å². The fourth-order valence-electron chi connectivity index (χ4n) is 3.06. The summed E-state index contributed by atoms with van der Waals surface area (Å²) in [5, 5.41) is 3.76. The van der Waals surface area contributed by atoms with Crippen molar-refractivity contribution in [2.75, 3.05) is 13.1 Å². The SMILES string of the molecule is CCCC1CN(Cc2ccc(CC)s2)C(C)(CC)CN1. The van der Waals surface area contributed by atoms with Crippen LogP contribution in [0.5, 0.6) is 0 Å². The van der Waals surface area contributed by atoms with Gasteiger partial charge in [0, 0.05) is 41.0 Å². The van der Waals surface area contributed by atoms with Gasteiger partial charge in [-0.2, -0.15) is 0 Å². The molecule has 1 saturated heterocycles. The van der Waals surface area contributed by atoms with E-state index in [9.17, 15) is 0 Å². The van der Waals surface area contributed by atoms with E-state index in [1.807, 2.05) is 11.3 Å². The molecule has 3 heteroatoms. The standard InChI is InChI=1S/C17H30N2S/c1-5-8-14-11-19(17(4,7-3)13-18-14)12-16-10-9-15(6-2)20-16/h9-10,14,18H,5-8,11-13H2,1-4H3. The van der Waals surface area contributed by atoms with Gasteiger partial charge < -0.3 is 5.32 Å². The Hall–Kier alpha value is -0.380. The van der Waals surface area contributed by atoms with Gasteiger partial charge in [0.25, 0.3) is 0 Å². The Morgan fingerprint density at radius 1 is 1.30 bits per heavy atom. The minimum atomic E-state index is 0.306. The van der Waals surface area contributed by atoms with Gasteiger partial charge in [0.2, 0.25) is 0 Å². The van der Waals surface area contributed by atoms with Crippen LogP contribution in [0.1, 0.15) is 56.7 Å². The maximum atomic E-state index is 3.76. The van der Waals surface area contributed by atoms with Crippen molar-refractivity contribution in [3.05, 3.63) is 21.9 Å². The van der Waals surface area contributed by atoms with E-state index < -0.39 is 0 Å². The number of hydrogen-bond acceptors (Lipinski definition) is 3. The Balaban J connectivity index is 2.06. The highest BCUT2D eigenvalue weighted by Gasteiger charge is 2.36. The fraction of sp³-hybridized carbons (Fsp3) is 0.765. The molecule has 1 fully saturated rings. The molecule has 0 aromatic carbocycles. The van der Waals surface area contributed by atoms with Crippen molar-refractivity contribution in [1.29, 1.82) is 0 Å². The van der Waals surface area contributed by atoms with E-state index in [0.29, 0.717) is 11.6 Å². The van der Waals surface area contributed by atoms with Gasteiger partial charge in [0.05, 0.1) is 0 Å². The number of nitrogens with zero attached hydrogens (tertiary/aromatic N) is 1. The number of nitrogens with one attached hydrogen (secondary N) is 1. The van der Waals surface area contributed by atoms with E-state index in [1.54, 1.807) is 0 Å². The van der Waals surface area contributed by atoms with Crippen molar-refractivity contribution in [2.45, 2.75) is 71.5 Å². The summed E-state index contributed by atoms with van der Waals surface area (Å²) in [6, 6.07) is 5.30. The lowest BCUT2D eigenvalue weighted by atomic mass is 9.91. The zero-order valence-corrected chi connectivity index (χ0v) is 14.4. The molecule has 2 rings (SSSR count). The zero-order chi connectivity index (χ0) is 14.6. The Morgan fingerprint density at radius 2 is 2.05 bits per heavy atom. The zero-order valence-electron chi connectivity index (χ0n) is 13.5. The van der Waals surface area contributed by atoms with Crippen LogP contribution < -0.4 is 5.32 Å². The topological polar surface area (TPSA) is 15.3 Å². The van der Waals surface area contributed by atoms with Gasteiger partial charge in [-0.05, 0) is 38.3 Å². The smallest absolute Gasteiger partial charge is 0.0334 e. The summed E-state index contributed by atoms with van der Waals surface area (Å²) in [7, 11) is 0. The molecule has 0 saturated carbocycles. The molecule has 0 bridgehead atoms. The highest BCUT2D eigenvalue weighted by molar-refractivity contribution is 7.11. The monoisotopic (exact) mass is 294 g/mol. The third-order valence-corrected chi connectivity index (χ3v) is 6.00. The summed E-state index contributed by atoms with van der Waals surface area (Å²) >= 11 is 1.99. The van der Waals surface area contributed by atoms with Gasteiger partial charge in [0.1, 0.15) is 0 Å². The highest BCUT2D eigenvalue weighted by atomic mass is 32.1. The van der Waals surface area contributed by atoms with Crippen LogP contribution in [0, 0.1) is 0 Å². The van der Waals surface area contributed by atoms with Gasteiger partial charge in [-0.15, -0.1) is 11.3 Å². The number of aryl methyl sites for hydroxylation is 1. The molecule has 2 atom stereocenters. The molecular formula is C17H30N2S. The second-order valence-electron chi connectivity index (χ2n) is 6.32. The summed E-state index contributed by atoms with van der Waals surface area (Å²) in [5.41, 5.74) is 0.306. The van der Waals surface area contributed by atoms with E-state index in [4.69, 9.17) is 0 Å². The molecule has 2 unspecified atom stereocenters. The van der Waals surface area contributed by atoms with Crippen LogP contribution >= 0.6 is 11.3 Å². The number of rotatable bonds is 6. The first-order valence-corrected chi connectivity index (χ1v) is 8.99. The van der Waals surface area contributed by atoms with E-state index >= 15 is 0 Å². The van der Waals surface area contributed by atoms with Crippen molar-refractivity contribution < 1.29 is 0 Å². The first-order valence-electron chi connectivity index (χ1n) is 8.17. The molecule has 2 heterocycles. The lowest BCUT2D eigenvalue weighted by Gasteiger charge is -2.48. The molecule has 0 amide bonds. The molecule has 0 spiro atoms. The van der Waals surface area contributed by atoms with Gasteiger partial charge in [-0.3, -0.25) is 4.90 Å². The largest absolute Gasteiger partial charge is 0.311 e. The first kappa shape index (κ1) is 16.0. The molecule has 1 aromatic heterocycles. The average Bonchev–Trinajstić information content (AvgIpc) is 2.91. The van der Waals surface area contributed by atoms with Crippen LogP contribution in [0.2, 0.25) is 0 Å². The molecule has 20 heavy (non-hydrogen) atoms. The Labute approximate surface area is 128 Å². The summed E-state index contributed by atoms with van der Waals surface area (Å²) in [6.07, 6.45) is 4.94. The van der Waals surface area contributed by atoms with Crippen molar-refractivity contribution >= 4 is 11.3 Å². The number of thiophene rings is 1. The summed E-state index contributed by atoms with van der Waals surface area (Å²) in [5.74, 6) is 0. The van der Waals surface area contributed by atoms with Crippen molar-refractivity contribution in [2.24, 2.45) is 0 Å². The minimum absolute atomic E-state index is 0.306. The van der Waals surface area contributed by atoms with Crippen LogP contribution in [0.15, 0.2) is 12.1 Å². The summed E-state index contributed by atoms with van der Waals surface area (Å²) < 4.78 is 0. The van der Waals surface area contributed by atoms with Crippen LogP contribution in [0.4, 0.5) is 0 Å². The molecule has 0 aliphatic carbocycles. The van der Waals surface area contributed by atoms with E-state index in [0.717, 1.165) is 19.5 Å². The van der Waals surface area contributed by atoms with Crippen LogP contribution in [-0.2, 0) is 13.0 Å². The number of hydrogen-bond donors (Lipinski definition) is 1. The minimum Gasteiger partial charge on any atom is -0.311 e. The van der Waals surface area contributed by atoms with Crippen molar-refractivity contribution in [1.82, 2.24) is 10.2 Å². The lowest BCUT2D eigenvalue weighted by Crippen LogP contribution is -2.62. The summed E-state index contributed by atoms with van der Waals surface area (Å²) in [6.45, 7) is 12.7. The summed E-state index contributed by atoms with van der Waals surface area (Å²) in [4.78, 5) is 5.76. The Kier molecular flexibility index (Phi) is 5.65. The third-order valence-electron chi connectivity index (χ3n) is 4.79. The van der Waals surface area contributed by atoms with E-state index in [1.165, 1.54) is 35.6 Å². The second kappa shape index (κ2) is 7.06. The quantitative estimate of drug-likeness (QED) is 0.851. The highest BCUT2D eigenvalue weighted by Crippen LogP contribution is 2.28. The Bertz CT molecular complexity index is 415. The normalized spacial score (nSPS) is 27.9. The lowest BCUT2D eigenvalue weighted by molar-refractivity contribution is 0.0405. The average molecular weight is 295 g/mol. The van der Waals surface area contributed by atoms with Crippen LogP contribution in [0.25, 0.3) is 0 Å². The second-order valence-corrected chi connectivity index (χ2v) is 7.57. The van der Waals surface area contributed by atoms with Crippen LogP contribution in [-0.4, -0.2) is 29.6 Å². The molecule has 2 nitrogen and oxygen atoms in total. The van der Waals surface area contributed by atoms with Crippen molar-refractivity contribution in [3.8, 4) is 0 Å². The molecule has 1 N–H and O–H groups in total. The van der Waals surface area contributed by atoms with Gasteiger partial charge in [-0.25, -0.2) is 0 Å². The predicted octanol–water partition coefficient (Wildman–Crippen LogP) is 4.05. The molecular weight excluding hydrogens is 264 g/mol. The van der Waals surface area contributed by atoms with Gasteiger partial charge in [-0.1, -0.05) is 27.2 Å². The number of piperazine rings is 1. The Morgan fingerprint density at radius 3 is 2.65 bits per heavy atom. The molecule has 114 valence electrons. The maximum Gasteiger partial charge on any atom is 0.0334 e. The molecule has 0 radical (unpaired) electrons. The van der Waals surface area contributed by atoms with Crippen LogP contribution in [0.3, 0.4) is 0 Å². The fourth-order valence-corrected chi connectivity index (χ4v) is 4.03.